The third-order valence-corrected chi connectivity index (χ3v) is 5.34. The average Bonchev–Trinajstić information content (AvgIpc) is 3.00. The van der Waals surface area contributed by atoms with Gasteiger partial charge in [0, 0.05) is 24.5 Å². The number of amides is 1. The molecule has 0 aromatic rings. The van der Waals surface area contributed by atoms with Gasteiger partial charge >= 0.3 is 0 Å². The SMILES string of the molecule is CNC1(CO)CCC(C(=O)N(C)C2CCCC2)CC1. The molecular weight excluding hydrogens is 240 g/mol. The van der Waals surface area contributed by atoms with Gasteiger partial charge in [0.2, 0.25) is 5.91 Å². The van der Waals surface area contributed by atoms with Crippen LogP contribution in [0, 0.1) is 5.92 Å². The van der Waals surface area contributed by atoms with Gasteiger partial charge in [-0.05, 0) is 45.6 Å². The van der Waals surface area contributed by atoms with Crippen molar-refractivity contribution in [1.82, 2.24) is 10.2 Å². The maximum absolute atomic E-state index is 12.5. The van der Waals surface area contributed by atoms with Crippen LogP contribution in [0.5, 0.6) is 0 Å². The molecule has 0 saturated heterocycles. The van der Waals surface area contributed by atoms with Crippen LogP contribution in [0.1, 0.15) is 51.4 Å². The van der Waals surface area contributed by atoms with Crippen LogP contribution in [0.15, 0.2) is 0 Å². The number of nitrogens with zero attached hydrogens (tertiary/aromatic N) is 1. The Morgan fingerprint density at radius 1 is 1.26 bits per heavy atom. The first-order chi connectivity index (χ1) is 9.12. The second-order valence-electron chi connectivity index (χ2n) is 6.35. The van der Waals surface area contributed by atoms with Crippen LogP contribution in [-0.4, -0.2) is 48.2 Å². The van der Waals surface area contributed by atoms with E-state index in [1.54, 1.807) is 0 Å². The van der Waals surface area contributed by atoms with E-state index in [1.807, 2.05) is 19.0 Å². The summed E-state index contributed by atoms with van der Waals surface area (Å²) in [6.07, 6.45) is 8.47. The lowest BCUT2D eigenvalue weighted by molar-refractivity contribution is -0.138. The molecule has 2 rings (SSSR count). The molecule has 4 nitrogen and oxygen atoms in total. The Labute approximate surface area is 116 Å². The van der Waals surface area contributed by atoms with Crippen molar-refractivity contribution in [3.8, 4) is 0 Å². The maximum Gasteiger partial charge on any atom is 0.225 e. The van der Waals surface area contributed by atoms with Crippen LogP contribution < -0.4 is 5.32 Å². The summed E-state index contributed by atoms with van der Waals surface area (Å²) in [6, 6.07) is 0.473. The number of aliphatic hydroxyl groups excluding tert-OH is 1. The monoisotopic (exact) mass is 268 g/mol. The lowest BCUT2D eigenvalue weighted by atomic mass is 9.76. The molecule has 2 N–H and O–H groups in total. The Morgan fingerprint density at radius 3 is 2.32 bits per heavy atom. The lowest BCUT2D eigenvalue weighted by Crippen LogP contribution is -2.51. The largest absolute Gasteiger partial charge is 0.394 e. The predicted molar refractivity (Wildman–Crippen MR) is 75.9 cm³/mol. The normalized spacial score (nSPS) is 32.5. The topological polar surface area (TPSA) is 52.6 Å². The highest BCUT2D eigenvalue weighted by molar-refractivity contribution is 5.79. The second kappa shape index (κ2) is 6.23. The van der Waals surface area contributed by atoms with E-state index in [-0.39, 0.29) is 18.1 Å². The Balaban J connectivity index is 1.88. The smallest absolute Gasteiger partial charge is 0.225 e. The minimum Gasteiger partial charge on any atom is -0.394 e. The van der Waals surface area contributed by atoms with Crippen LogP contribution in [0.2, 0.25) is 0 Å². The highest BCUT2D eigenvalue weighted by Crippen LogP contribution is 2.34. The minimum absolute atomic E-state index is 0.150. The number of hydrogen-bond donors (Lipinski definition) is 2. The van der Waals surface area contributed by atoms with Crippen LogP contribution in [0.25, 0.3) is 0 Å². The zero-order valence-corrected chi connectivity index (χ0v) is 12.3. The fourth-order valence-electron chi connectivity index (χ4n) is 3.66. The summed E-state index contributed by atoms with van der Waals surface area (Å²) in [5.41, 5.74) is -0.150. The molecule has 19 heavy (non-hydrogen) atoms. The third kappa shape index (κ3) is 3.11. The maximum atomic E-state index is 12.5. The molecule has 2 aliphatic rings. The summed E-state index contributed by atoms with van der Waals surface area (Å²) < 4.78 is 0. The van der Waals surface area contributed by atoms with Gasteiger partial charge in [-0.2, -0.15) is 0 Å². The van der Waals surface area contributed by atoms with Gasteiger partial charge in [-0.25, -0.2) is 0 Å². The summed E-state index contributed by atoms with van der Waals surface area (Å²) in [7, 11) is 3.88. The van der Waals surface area contributed by atoms with E-state index in [0.717, 1.165) is 25.7 Å². The Bertz CT molecular complexity index is 299. The standard InChI is InChI=1S/C15H28N2O2/c1-16-15(11-18)9-7-12(8-10-15)14(19)17(2)13-5-3-4-6-13/h12-13,16,18H,3-11H2,1-2H3. The van der Waals surface area contributed by atoms with Gasteiger partial charge < -0.3 is 15.3 Å². The van der Waals surface area contributed by atoms with Crippen molar-refractivity contribution >= 4 is 5.91 Å². The quantitative estimate of drug-likeness (QED) is 0.813. The number of carbonyl (C=O) groups is 1. The number of likely N-dealkylation sites (N-methyl/N-ethyl adjacent to an activating group) is 1. The molecule has 0 aromatic carbocycles. The molecule has 0 aromatic heterocycles. The Hall–Kier alpha value is -0.610. The molecule has 2 saturated carbocycles. The molecule has 2 aliphatic carbocycles. The molecule has 0 spiro atoms. The Morgan fingerprint density at radius 2 is 1.84 bits per heavy atom. The van der Waals surface area contributed by atoms with E-state index >= 15 is 0 Å². The summed E-state index contributed by atoms with van der Waals surface area (Å²) in [6.45, 7) is 0.170. The zero-order valence-electron chi connectivity index (χ0n) is 12.3. The number of aliphatic hydroxyl groups is 1. The van der Waals surface area contributed by atoms with E-state index in [0.29, 0.717) is 11.9 Å². The molecule has 0 heterocycles. The summed E-state index contributed by atoms with van der Waals surface area (Å²) in [5.74, 6) is 0.494. The van der Waals surface area contributed by atoms with Gasteiger partial charge in [0.05, 0.1) is 6.61 Å². The van der Waals surface area contributed by atoms with Gasteiger partial charge in [0.15, 0.2) is 0 Å². The first-order valence-corrected chi connectivity index (χ1v) is 7.68. The minimum atomic E-state index is -0.150. The molecular formula is C15H28N2O2. The Kier molecular flexibility index (Phi) is 4.85. The first kappa shape index (κ1) is 14.8. The molecule has 0 radical (unpaired) electrons. The highest BCUT2D eigenvalue weighted by atomic mass is 16.3. The van der Waals surface area contributed by atoms with Crippen molar-refractivity contribution < 1.29 is 9.90 Å². The predicted octanol–water partition coefficient (Wildman–Crippen LogP) is 1.53. The molecule has 0 atom stereocenters. The fraction of sp³-hybridized carbons (Fsp3) is 0.933. The number of hydrogen-bond acceptors (Lipinski definition) is 3. The van der Waals surface area contributed by atoms with Crippen molar-refractivity contribution in [2.75, 3.05) is 20.7 Å². The molecule has 0 bridgehead atoms. The van der Waals surface area contributed by atoms with Gasteiger partial charge in [0.1, 0.15) is 0 Å². The van der Waals surface area contributed by atoms with Crippen molar-refractivity contribution in [2.24, 2.45) is 5.92 Å². The average molecular weight is 268 g/mol. The van der Waals surface area contributed by atoms with E-state index in [9.17, 15) is 9.90 Å². The van der Waals surface area contributed by atoms with Crippen LogP contribution in [-0.2, 0) is 4.79 Å². The van der Waals surface area contributed by atoms with Crippen molar-refractivity contribution in [3.05, 3.63) is 0 Å². The molecule has 2 fully saturated rings. The molecule has 1 amide bonds. The van der Waals surface area contributed by atoms with E-state index in [1.165, 1.54) is 25.7 Å². The fourth-order valence-corrected chi connectivity index (χ4v) is 3.66. The zero-order chi connectivity index (χ0) is 13.9. The van der Waals surface area contributed by atoms with E-state index < -0.39 is 0 Å². The van der Waals surface area contributed by atoms with E-state index in [2.05, 4.69) is 5.32 Å². The number of carbonyl (C=O) groups excluding carboxylic acids is 1. The van der Waals surface area contributed by atoms with Gasteiger partial charge in [-0.15, -0.1) is 0 Å². The van der Waals surface area contributed by atoms with Crippen molar-refractivity contribution in [1.29, 1.82) is 0 Å². The number of rotatable bonds is 4. The third-order valence-electron chi connectivity index (χ3n) is 5.34. The van der Waals surface area contributed by atoms with Crippen LogP contribution in [0.3, 0.4) is 0 Å². The van der Waals surface area contributed by atoms with Crippen LogP contribution in [0.4, 0.5) is 0 Å². The molecule has 0 unspecified atom stereocenters. The van der Waals surface area contributed by atoms with Crippen molar-refractivity contribution in [3.63, 3.8) is 0 Å². The molecule has 110 valence electrons. The van der Waals surface area contributed by atoms with Gasteiger partial charge in [0.25, 0.3) is 0 Å². The summed E-state index contributed by atoms with van der Waals surface area (Å²) >= 11 is 0. The van der Waals surface area contributed by atoms with Crippen LogP contribution >= 0.6 is 0 Å². The first-order valence-electron chi connectivity index (χ1n) is 7.68. The summed E-state index contributed by atoms with van der Waals surface area (Å²) in [4.78, 5) is 14.5. The molecule has 0 aliphatic heterocycles. The molecule has 4 heteroatoms. The highest BCUT2D eigenvalue weighted by Gasteiger charge is 2.37. The lowest BCUT2D eigenvalue weighted by Gasteiger charge is -2.39. The number of nitrogens with one attached hydrogen (secondary N) is 1. The van der Waals surface area contributed by atoms with Gasteiger partial charge in [-0.1, -0.05) is 12.8 Å². The van der Waals surface area contributed by atoms with Gasteiger partial charge in [-0.3, -0.25) is 4.79 Å². The second-order valence-corrected chi connectivity index (χ2v) is 6.35. The van der Waals surface area contributed by atoms with E-state index in [4.69, 9.17) is 0 Å². The summed E-state index contributed by atoms with van der Waals surface area (Å²) in [5, 5.41) is 12.7. The van der Waals surface area contributed by atoms with Crippen molar-refractivity contribution in [2.45, 2.75) is 62.9 Å².